The van der Waals surface area contributed by atoms with E-state index in [9.17, 15) is 19.2 Å². The molecule has 0 bridgehead atoms. The van der Waals surface area contributed by atoms with Gasteiger partial charge >= 0.3 is 0 Å². The monoisotopic (exact) mass is 621 g/mol. The van der Waals surface area contributed by atoms with Gasteiger partial charge in [-0.3, -0.25) is 9.59 Å². The molecule has 1 aromatic heterocycles. The molecule has 41 heavy (non-hydrogen) atoms. The molecule has 1 fully saturated rings. The van der Waals surface area contributed by atoms with E-state index in [2.05, 4.69) is 37.5 Å². The van der Waals surface area contributed by atoms with Gasteiger partial charge in [0.2, 0.25) is 6.41 Å². The van der Waals surface area contributed by atoms with E-state index in [0.717, 1.165) is 0 Å². The molecule has 2 unspecified atom stereocenters. The standard InChI is InChI=1S/C22H22Cl2F2N2.C7H7NO2S.C2H6/c1-21(2,3)10-19-22(12-27,15-8-7-13(23)9-18(15)25)16(11-28-19)14-5-4-6-17(24)20(14)26;1-5(10)7-6(8-4-9)2-3-11-7;1-2/h4-9,16,19,28H,10-11H2,1-3H3;2-4H,1H3,(H,8,9);1-2H3/t16?,19?,22-;;/m1../s1. The summed E-state index contributed by atoms with van der Waals surface area (Å²) in [6.45, 7) is 12.0. The fraction of sp³-hybridized carbons (Fsp3) is 0.387. The van der Waals surface area contributed by atoms with E-state index in [1.807, 2.05) is 13.8 Å². The average Bonchev–Trinajstić information content (AvgIpc) is 3.52. The topological polar surface area (TPSA) is 82.0 Å². The van der Waals surface area contributed by atoms with Crippen LogP contribution in [0.1, 0.15) is 74.7 Å². The van der Waals surface area contributed by atoms with E-state index >= 15 is 4.39 Å². The maximum absolute atomic E-state index is 15.0. The third-order valence-corrected chi connectivity index (χ3v) is 8.14. The molecule has 2 aromatic carbocycles. The number of carbonyl (C=O) groups is 2. The quantitative estimate of drug-likeness (QED) is 0.213. The molecule has 0 radical (unpaired) electrons. The summed E-state index contributed by atoms with van der Waals surface area (Å²) in [5.74, 6) is -1.76. The number of nitriles is 1. The Morgan fingerprint density at radius 3 is 2.46 bits per heavy atom. The summed E-state index contributed by atoms with van der Waals surface area (Å²) in [7, 11) is 0. The van der Waals surface area contributed by atoms with E-state index < -0.39 is 23.0 Å². The van der Waals surface area contributed by atoms with Crippen molar-refractivity contribution in [2.75, 3.05) is 11.9 Å². The van der Waals surface area contributed by atoms with E-state index in [1.54, 1.807) is 35.7 Å². The fourth-order valence-corrected chi connectivity index (χ4v) is 6.09. The van der Waals surface area contributed by atoms with Crippen LogP contribution >= 0.6 is 34.5 Å². The second-order valence-electron chi connectivity index (χ2n) is 10.5. The molecule has 1 aliphatic heterocycles. The van der Waals surface area contributed by atoms with Crippen molar-refractivity contribution in [2.24, 2.45) is 5.41 Å². The summed E-state index contributed by atoms with van der Waals surface area (Å²) in [5.41, 5.74) is -0.286. The van der Waals surface area contributed by atoms with Crippen LogP contribution < -0.4 is 10.6 Å². The van der Waals surface area contributed by atoms with Crippen molar-refractivity contribution in [2.45, 2.75) is 65.3 Å². The Morgan fingerprint density at radius 1 is 1.22 bits per heavy atom. The Kier molecular flexibility index (Phi) is 12.5. The van der Waals surface area contributed by atoms with Gasteiger partial charge in [0.05, 0.1) is 21.7 Å². The zero-order valence-corrected chi connectivity index (χ0v) is 26.3. The molecule has 5 nitrogen and oxygen atoms in total. The first-order valence-corrected chi connectivity index (χ1v) is 14.8. The van der Waals surface area contributed by atoms with Gasteiger partial charge in [-0.25, -0.2) is 8.78 Å². The van der Waals surface area contributed by atoms with Gasteiger partial charge in [0.25, 0.3) is 0 Å². The molecule has 2 heterocycles. The molecule has 10 heteroatoms. The fourth-order valence-electron chi connectivity index (χ4n) is 4.99. The number of ketones is 1. The predicted octanol–water partition coefficient (Wildman–Crippen LogP) is 8.77. The van der Waals surface area contributed by atoms with Crippen molar-refractivity contribution in [1.29, 1.82) is 5.26 Å². The lowest BCUT2D eigenvalue weighted by Crippen LogP contribution is -2.44. The van der Waals surface area contributed by atoms with Crippen LogP contribution in [0.3, 0.4) is 0 Å². The smallest absolute Gasteiger partial charge is 0.211 e. The summed E-state index contributed by atoms with van der Waals surface area (Å²) in [4.78, 5) is 21.5. The van der Waals surface area contributed by atoms with Gasteiger partial charge in [0, 0.05) is 36.0 Å². The lowest BCUT2D eigenvalue weighted by molar-refractivity contribution is -0.105. The van der Waals surface area contributed by atoms with Crippen molar-refractivity contribution in [3.8, 4) is 6.07 Å². The van der Waals surface area contributed by atoms with Gasteiger partial charge in [-0.05, 0) is 47.0 Å². The van der Waals surface area contributed by atoms with Gasteiger partial charge in [0.1, 0.15) is 17.0 Å². The van der Waals surface area contributed by atoms with Crippen molar-refractivity contribution in [3.05, 3.63) is 85.5 Å². The molecular weight excluding hydrogens is 587 g/mol. The van der Waals surface area contributed by atoms with Gasteiger partial charge in [0.15, 0.2) is 5.78 Å². The first kappa shape index (κ1) is 34.4. The molecule has 1 saturated heterocycles. The van der Waals surface area contributed by atoms with Crippen molar-refractivity contribution < 1.29 is 18.4 Å². The SMILES string of the molecule is CC.CC(=O)c1sccc1NC=O.CC(C)(C)CC1NCC(c2cccc(Cl)c2F)[C@@]1(C#N)c1ccc(Cl)cc1F. The Bertz CT molecular complexity index is 1400. The lowest BCUT2D eigenvalue weighted by atomic mass is 9.64. The molecule has 0 aliphatic carbocycles. The number of rotatable bonds is 6. The number of hydrogen-bond donors (Lipinski definition) is 2. The van der Waals surface area contributed by atoms with Crippen LogP contribution in [0.25, 0.3) is 0 Å². The molecule has 3 atom stereocenters. The number of thiophene rings is 1. The number of nitrogens with zero attached hydrogens (tertiary/aromatic N) is 1. The predicted molar refractivity (Wildman–Crippen MR) is 164 cm³/mol. The van der Waals surface area contributed by atoms with E-state index in [-0.39, 0.29) is 32.8 Å². The minimum absolute atomic E-state index is 0.0137. The van der Waals surface area contributed by atoms with Crippen molar-refractivity contribution in [3.63, 3.8) is 0 Å². The second-order valence-corrected chi connectivity index (χ2v) is 12.3. The largest absolute Gasteiger partial charge is 0.327 e. The van der Waals surface area contributed by atoms with E-state index in [1.165, 1.54) is 30.4 Å². The highest BCUT2D eigenvalue weighted by Crippen LogP contribution is 2.50. The zero-order valence-electron chi connectivity index (χ0n) is 23.9. The van der Waals surface area contributed by atoms with Crippen LogP contribution in [0.4, 0.5) is 14.5 Å². The summed E-state index contributed by atoms with van der Waals surface area (Å²) in [5, 5.41) is 18.2. The van der Waals surface area contributed by atoms with Crippen molar-refractivity contribution in [1.82, 2.24) is 5.32 Å². The highest BCUT2D eigenvalue weighted by Gasteiger charge is 2.55. The Hall–Kier alpha value is -2.83. The summed E-state index contributed by atoms with van der Waals surface area (Å²) in [6, 6.07) is 12.7. The van der Waals surface area contributed by atoms with Crippen molar-refractivity contribution >= 4 is 52.4 Å². The van der Waals surface area contributed by atoms with Gasteiger partial charge < -0.3 is 10.6 Å². The Labute approximate surface area is 254 Å². The van der Waals surface area contributed by atoms with Crippen LogP contribution in [-0.4, -0.2) is 24.8 Å². The number of benzene rings is 2. The van der Waals surface area contributed by atoms with Gasteiger partial charge in [-0.2, -0.15) is 5.26 Å². The zero-order chi connectivity index (χ0) is 31.0. The number of carbonyl (C=O) groups excluding carboxylic acids is 2. The summed E-state index contributed by atoms with van der Waals surface area (Å²) < 4.78 is 29.9. The number of anilines is 1. The molecule has 0 saturated carbocycles. The highest BCUT2D eigenvalue weighted by molar-refractivity contribution is 7.12. The molecule has 3 aromatic rings. The number of Topliss-reactive ketones (excluding diaryl/α,β-unsaturated/α-hetero) is 1. The van der Waals surface area contributed by atoms with E-state index in [0.29, 0.717) is 35.5 Å². The molecule has 1 aliphatic rings. The molecule has 1 amide bonds. The number of hydrogen-bond acceptors (Lipinski definition) is 5. The molecular formula is C31H35Cl2F2N3O2S. The number of halogens is 4. The Morgan fingerprint density at radius 2 is 1.90 bits per heavy atom. The summed E-state index contributed by atoms with van der Waals surface area (Å²) in [6.07, 6.45) is 1.18. The maximum Gasteiger partial charge on any atom is 0.211 e. The first-order valence-electron chi connectivity index (χ1n) is 13.2. The maximum atomic E-state index is 15.0. The minimum atomic E-state index is -1.30. The average molecular weight is 623 g/mol. The van der Waals surface area contributed by atoms with Gasteiger partial charge in [-0.15, -0.1) is 11.3 Å². The lowest BCUT2D eigenvalue weighted by Gasteiger charge is -2.37. The van der Waals surface area contributed by atoms with Crippen LogP contribution in [0, 0.1) is 28.4 Å². The van der Waals surface area contributed by atoms with Crippen LogP contribution in [-0.2, 0) is 10.2 Å². The van der Waals surface area contributed by atoms with E-state index in [4.69, 9.17) is 23.2 Å². The van der Waals surface area contributed by atoms with Crippen LogP contribution in [0.15, 0.2) is 47.8 Å². The van der Waals surface area contributed by atoms with Crippen LogP contribution in [0.5, 0.6) is 0 Å². The third kappa shape index (κ3) is 7.92. The third-order valence-electron chi connectivity index (χ3n) is 6.60. The first-order chi connectivity index (χ1) is 19.4. The van der Waals surface area contributed by atoms with Crippen LogP contribution in [0.2, 0.25) is 10.0 Å². The normalized spacial score (nSPS) is 19.6. The molecule has 0 spiro atoms. The molecule has 4 rings (SSSR count). The number of amides is 1. The second kappa shape index (κ2) is 14.9. The minimum Gasteiger partial charge on any atom is -0.327 e. The highest BCUT2D eigenvalue weighted by atomic mass is 35.5. The molecule has 2 N–H and O–H groups in total. The van der Waals surface area contributed by atoms with Gasteiger partial charge in [-0.1, -0.05) is 76.0 Å². The Balaban J connectivity index is 0.000000378. The number of nitrogens with one attached hydrogen (secondary N) is 2. The summed E-state index contributed by atoms with van der Waals surface area (Å²) >= 11 is 13.3. The molecule has 220 valence electrons.